The van der Waals surface area contributed by atoms with Crippen LogP contribution < -0.4 is 9.47 Å². The SMILES string of the molecule is CCC(C)C(=O)OCc1ccc2c(c1)OCO2. The van der Waals surface area contributed by atoms with E-state index >= 15 is 0 Å². The van der Waals surface area contributed by atoms with Crippen molar-refractivity contribution in [3.63, 3.8) is 0 Å². The Labute approximate surface area is 100 Å². The molecule has 0 bridgehead atoms. The highest BCUT2D eigenvalue weighted by Crippen LogP contribution is 2.32. The van der Waals surface area contributed by atoms with Crippen molar-refractivity contribution in [1.29, 1.82) is 0 Å². The second-order valence-electron chi connectivity index (χ2n) is 4.10. The predicted molar refractivity (Wildman–Crippen MR) is 61.8 cm³/mol. The molecule has 1 aliphatic heterocycles. The number of ether oxygens (including phenoxy) is 3. The van der Waals surface area contributed by atoms with Gasteiger partial charge in [-0.2, -0.15) is 0 Å². The summed E-state index contributed by atoms with van der Waals surface area (Å²) in [5.74, 6) is 1.23. The number of fused-ring (bicyclic) bond motifs is 1. The molecule has 1 aromatic rings. The van der Waals surface area contributed by atoms with Gasteiger partial charge in [-0.3, -0.25) is 4.79 Å². The number of hydrogen-bond acceptors (Lipinski definition) is 4. The van der Waals surface area contributed by atoms with Crippen molar-refractivity contribution in [2.24, 2.45) is 5.92 Å². The largest absolute Gasteiger partial charge is 0.461 e. The first kappa shape index (κ1) is 11.8. The first-order valence-corrected chi connectivity index (χ1v) is 5.76. The van der Waals surface area contributed by atoms with Crippen molar-refractivity contribution in [2.75, 3.05) is 6.79 Å². The van der Waals surface area contributed by atoms with Gasteiger partial charge >= 0.3 is 5.97 Å². The van der Waals surface area contributed by atoms with Crippen LogP contribution in [0.3, 0.4) is 0 Å². The molecule has 0 N–H and O–H groups in total. The van der Waals surface area contributed by atoms with E-state index in [2.05, 4.69) is 0 Å². The molecular formula is C13H16O4. The maximum Gasteiger partial charge on any atom is 0.308 e. The molecule has 1 atom stereocenters. The quantitative estimate of drug-likeness (QED) is 0.753. The molecular weight excluding hydrogens is 220 g/mol. The fraction of sp³-hybridized carbons (Fsp3) is 0.462. The van der Waals surface area contributed by atoms with E-state index in [4.69, 9.17) is 14.2 Å². The van der Waals surface area contributed by atoms with E-state index in [0.717, 1.165) is 17.7 Å². The van der Waals surface area contributed by atoms with Crippen LogP contribution in [-0.2, 0) is 16.1 Å². The highest BCUT2D eigenvalue weighted by molar-refractivity contribution is 5.71. The average Bonchev–Trinajstić information content (AvgIpc) is 2.82. The summed E-state index contributed by atoms with van der Waals surface area (Å²) in [6.45, 7) is 4.36. The second-order valence-corrected chi connectivity index (χ2v) is 4.10. The normalized spacial score (nSPS) is 14.5. The zero-order chi connectivity index (χ0) is 12.3. The third-order valence-electron chi connectivity index (χ3n) is 2.83. The van der Waals surface area contributed by atoms with Crippen LogP contribution in [0, 0.1) is 5.92 Å². The molecule has 1 aliphatic rings. The van der Waals surface area contributed by atoms with Gasteiger partial charge in [-0.1, -0.05) is 19.9 Å². The molecule has 17 heavy (non-hydrogen) atoms. The van der Waals surface area contributed by atoms with Crippen molar-refractivity contribution >= 4 is 5.97 Å². The summed E-state index contributed by atoms with van der Waals surface area (Å²) in [5, 5.41) is 0. The summed E-state index contributed by atoms with van der Waals surface area (Å²) in [6, 6.07) is 5.54. The Morgan fingerprint density at radius 1 is 1.41 bits per heavy atom. The number of hydrogen-bond donors (Lipinski definition) is 0. The van der Waals surface area contributed by atoms with E-state index in [9.17, 15) is 4.79 Å². The first-order valence-electron chi connectivity index (χ1n) is 5.76. The van der Waals surface area contributed by atoms with Crippen molar-refractivity contribution in [3.8, 4) is 11.5 Å². The Balaban J connectivity index is 1.93. The van der Waals surface area contributed by atoms with Crippen LogP contribution in [0.2, 0.25) is 0 Å². The van der Waals surface area contributed by atoms with Gasteiger partial charge in [0, 0.05) is 0 Å². The van der Waals surface area contributed by atoms with E-state index in [1.54, 1.807) is 0 Å². The van der Waals surface area contributed by atoms with E-state index < -0.39 is 0 Å². The van der Waals surface area contributed by atoms with Crippen LogP contribution in [0.5, 0.6) is 11.5 Å². The molecule has 1 aromatic carbocycles. The fourth-order valence-electron chi connectivity index (χ4n) is 1.49. The highest BCUT2D eigenvalue weighted by atomic mass is 16.7. The predicted octanol–water partition coefficient (Wildman–Crippen LogP) is 2.50. The molecule has 4 heteroatoms. The molecule has 0 fully saturated rings. The van der Waals surface area contributed by atoms with Crippen LogP contribution in [0.15, 0.2) is 18.2 Å². The molecule has 0 radical (unpaired) electrons. The van der Waals surface area contributed by atoms with Gasteiger partial charge in [0.25, 0.3) is 0 Å². The van der Waals surface area contributed by atoms with E-state index in [0.29, 0.717) is 5.75 Å². The summed E-state index contributed by atoms with van der Waals surface area (Å²) in [7, 11) is 0. The lowest BCUT2D eigenvalue weighted by Gasteiger charge is -2.09. The first-order chi connectivity index (χ1) is 8.20. The summed E-state index contributed by atoms with van der Waals surface area (Å²) < 4.78 is 15.7. The molecule has 0 saturated heterocycles. The van der Waals surface area contributed by atoms with Gasteiger partial charge in [0.2, 0.25) is 6.79 Å². The number of carbonyl (C=O) groups is 1. The van der Waals surface area contributed by atoms with Gasteiger partial charge in [0.1, 0.15) is 6.61 Å². The number of esters is 1. The second kappa shape index (κ2) is 5.08. The molecule has 0 amide bonds. The molecule has 2 rings (SSSR count). The van der Waals surface area contributed by atoms with Gasteiger partial charge in [-0.25, -0.2) is 0 Å². The van der Waals surface area contributed by atoms with Gasteiger partial charge < -0.3 is 14.2 Å². The third kappa shape index (κ3) is 2.70. The Kier molecular flexibility index (Phi) is 3.52. The Morgan fingerprint density at radius 3 is 2.94 bits per heavy atom. The summed E-state index contributed by atoms with van der Waals surface area (Å²) in [5.41, 5.74) is 0.908. The van der Waals surface area contributed by atoms with E-state index in [1.165, 1.54) is 0 Å². The molecule has 1 heterocycles. The van der Waals surface area contributed by atoms with Gasteiger partial charge in [0.15, 0.2) is 11.5 Å². The lowest BCUT2D eigenvalue weighted by atomic mass is 10.1. The van der Waals surface area contributed by atoms with E-state index in [1.807, 2.05) is 32.0 Å². The fourth-order valence-corrected chi connectivity index (χ4v) is 1.49. The molecule has 92 valence electrons. The number of rotatable bonds is 4. The Morgan fingerprint density at radius 2 is 2.18 bits per heavy atom. The topological polar surface area (TPSA) is 44.8 Å². The maximum atomic E-state index is 11.5. The minimum atomic E-state index is -0.162. The standard InChI is InChI=1S/C13H16O4/c1-3-9(2)13(14)15-7-10-4-5-11-12(6-10)17-8-16-11/h4-6,9H,3,7-8H2,1-2H3. The monoisotopic (exact) mass is 236 g/mol. The lowest BCUT2D eigenvalue weighted by molar-refractivity contribution is -0.149. The summed E-state index contributed by atoms with van der Waals surface area (Å²) >= 11 is 0. The molecule has 4 nitrogen and oxygen atoms in total. The zero-order valence-corrected chi connectivity index (χ0v) is 10.1. The lowest BCUT2D eigenvalue weighted by Crippen LogP contribution is -2.13. The van der Waals surface area contributed by atoms with Crippen molar-refractivity contribution in [2.45, 2.75) is 26.9 Å². The van der Waals surface area contributed by atoms with Crippen LogP contribution in [0.4, 0.5) is 0 Å². The maximum absolute atomic E-state index is 11.5. The van der Waals surface area contributed by atoms with Crippen molar-refractivity contribution in [1.82, 2.24) is 0 Å². The van der Waals surface area contributed by atoms with Gasteiger partial charge in [-0.15, -0.1) is 0 Å². The van der Waals surface area contributed by atoms with Crippen molar-refractivity contribution in [3.05, 3.63) is 23.8 Å². The van der Waals surface area contributed by atoms with Crippen LogP contribution in [-0.4, -0.2) is 12.8 Å². The Hall–Kier alpha value is -1.71. The molecule has 0 saturated carbocycles. The zero-order valence-electron chi connectivity index (χ0n) is 10.1. The Bertz CT molecular complexity index is 414. The number of benzene rings is 1. The van der Waals surface area contributed by atoms with E-state index in [-0.39, 0.29) is 25.3 Å². The van der Waals surface area contributed by atoms with Crippen LogP contribution in [0.1, 0.15) is 25.8 Å². The summed E-state index contributed by atoms with van der Waals surface area (Å²) in [6.07, 6.45) is 0.792. The van der Waals surface area contributed by atoms with Crippen LogP contribution in [0.25, 0.3) is 0 Å². The average molecular weight is 236 g/mol. The minimum Gasteiger partial charge on any atom is -0.461 e. The van der Waals surface area contributed by atoms with Gasteiger partial charge in [0.05, 0.1) is 5.92 Å². The van der Waals surface area contributed by atoms with Crippen molar-refractivity contribution < 1.29 is 19.0 Å². The minimum absolute atomic E-state index is 0.0518. The molecule has 0 aromatic heterocycles. The molecule has 1 unspecified atom stereocenters. The number of carbonyl (C=O) groups excluding carboxylic acids is 1. The summed E-state index contributed by atoms with van der Waals surface area (Å²) in [4.78, 5) is 11.5. The highest BCUT2D eigenvalue weighted by Gasteiger charge is 2.15. The van der Waals surface area contributed by atoms with Gasteiger partial charge in [-0.05, 0) is 24.1 Å². The molecule has 0 aliphatic carbocycles. The van der Waals surface area contributed by atoms with Crippen LogP contribution >= 0.6 is 0 Å². The third-order valence-corrected chi connectivity index (χ3v) is 2.83. The molecule has 0 spiro atoms. The smallest absolute Gasteiger partial charge is 0.308 e.